The van der Waals surface area contributed by atoms with Gasteiger partial charge in [0.1, 0.15) is 0 Å². The molecular weight excluding hydrogens is 333 g/mol. The Morgan fingerprint density at radius 1 is 1.17 bits per heavy atom. The number of carbonyl (C=O) groups excluding carboxylic acids is 1. The van der Waals surface area contributed by atoms with Crippen molar-refractivity contribution in [2.75, 3.05) is 11.6 Å². The molecule has 0 atom stereocenters. The highest BCUT2D eigenvalue weighted by molar-refractivity contribution is 7.90. The second-order valence-electron chi connectivity index (χ2n) is 4.69. The number of rotatable bonds is 3. The van der Waals surface area contributed by atoms with Gasteiger partial charge in [0, 0.05) is 11.8 Å². The minimum Gasteiger partial charge on any atom is -0.321 e. The Bertz CT molecular complexity index is 831. The molecule has 5 nitrogen and oxygen atoms in total. The molecule has 1 N–H and O–H groups in total. The second kappa shape index (κ2) is 5.99. The van der Waals surface area contributed by atoms with Gasteiger partial charge < -0.3 is 5.32 Å². The van der Waals surface area contributed by atoms with Crippen molar-refractivity contribution in [3.8, 4) is 0 Å². The Labute approximate surface area is 130 Å². The van der Waals surface area contributed by atoms with Crippen LogP contribution in [-0.2, 0) is 16.0 Å². The van der Waals surface area contributed by atoms with Gasteiger partial charge in [-0.3, -0.25) is 4.79 Å². The molecule has 1 amide bonds. The molecule has 0 spiro atoms. The summed E-state index contributed by atoms with van der Waals surface area (Å²) in [6, 6.07) is 6.45. The second-order valence-corrected chi connectivity index (χ2v) is 6.65. The molecule has 0 saturated heterocycles. The predicted molar refractivity (Wildman–Crippen MR) is 76.7 cm³/mol. The van der Waals surface area contributed by atoms with Gasteiger partial charge in [-0.1, -0.05) is 6.07 Å². The summed E-state index contributed by atoms with van der Waals surface area (Å²) in [5.41, 5.74) is -0.942. The third-order valence-electron chi connectivity index (χ3n) is 2.83. The quantitative estimate of drug-likeness (QED) is 0.929. The number of hydrogen-bond acceptors (Lipinski definition) is 4. The fraction of sp³-hybridized carbons (Fsp3) is 0.143. The van der Waals surface area contributed by atoms with E-state index < -0.39 is 27.5 Å². The molecule has 2 aromatic rings. The van der Waals surface area contributed by atoms with Crippen molar-refractivity contribution in [3.05, 3.63) is 53.7 Å². The molecule has 0 saturated carbocycles. The average molecular weight is 344 g/mol. The Kier molecular flexibility index (Phi) is 4.42. The molecule has 1 heterocycles. The van der Waals surface area contributed by atoms with E-state index in [9.17, 15) is 26.4 Å². The van der Waals surface area contributed by atoms with Crippen LogP contribution in [0.1, 0.15) is 15.9 Å². The van der Waals surface area contributed by atoms with E-state index in [-0.39, 0.29) is 16.3 Å². The molecule has 0 unspecified atom stereocenters. The number of nitrogens with one attached hydrogen (secondary N) is 1. The van der Waals surface area contributed by atoms with Gasteiger partial charge in [-0.25, -0.2) is 13.4 Å². The van der Waals surface area contributed by atoms with Crippen LogP contribution in [0.4, 0.5) is 18.9 Å². The molecule has 9 heteroatoms. The minimum absolute atomic E-state index is 0.166. The number of anilines is 1. The third-order valence-corrected chi connectivity index (χ3v) is 3.83. The van der Waals surface area contributed by atoms with E-state index >= 15 is 0 Å². The van der Waals surface area contributed by atoms with Gasteiger partial charge in [0.05, 0.1) is 17.4 Å². The normalized spacial score (nSPS) is 12.0. The summed E-state index contributed by atoms with van der Waals surface area (Å²) in [4.78, 5) is 15.6. The number of aromatic nitrogens is 1. The first-order valence-corrected chi connectivity index (χ1v) is 8.11. The lowest BCUT2D eigenvalue weighted by Crippen LogP contribution is -2.14. The molecule has 0 fully saturated rings. The van der Waals surface area contributed by atoms with E-state index in [1.54, 1.807) is 0 Å². The highest BCUT2D eigenvalue weighted by Gasteiger charge is 2.30. The standard InChI is InChI=1S/C14H11F3N2O3S/c1-23(21,22)12-6-5-11(8-18-12)19-13(20)9-3-2-4-10(7-9)14(15,16)17/h2-8H,1H3,(H,19,20). The molecule has 122 valence electrons. The Morgan fingerprint density at radius 2 is 1.87 bits per heavy atom. The highest BCUT2D eigenvalue weighted by Crippen LogP contribution is 2.29. The monoisotopic (exact) mass is 344 g/mol. The number of nitrogens with zero attached hydrogens (tertiary/aromatic N) is 1. The van der Waals surface area contributed by atoms with Crippen molar-refractivity contribution in [1.29, 1.82) is 0 Å². The number of halogens is 3. The zero-order valence-electron chi connectivity index (χ0n) is 11.8. The van der Waals surface area contributed by atoms with Crippen molar-refractivity contribution >= 4 is 21.4 Å². The first-order chi connectivity index (χ1) is 10.6. The van der Waals surface area contributed by atoms with Crippen molar-refractivity contribution in [2.45, 2.75) is 11.2 Å². The van der Waals surface area contributed by atoms with Gasteiger partial charge in [-0.2, -0.15) is 13.2 Å². The van der Waals surface area contributed by atoms with Crippen LogP contribution in [-0.4, -0.2) is 25.6 Å². The number of alkyl halides is 3. The van der Waals surface area contributed by atoms with E-state index in [0.29, 0.717) is 0 Å². The molecule has 0 aliphatic heterocycles. The zero-order chi connectivity index (χ0) is 17.3. The molecule has 2 rings (SSSR count). The molecule has 1 aromatic heterocycles. The van der Waals surface area contributed by atoms with Crippen LogP contribution in [0.5, 0.6) is 0 Å². The van der Waals surface area contributed by atoms with E-state index in [1.165, 1.54) is 18.2 Å². The van der Waals surface area contributed by atoms with Crippen molar-refractivity contribution in [2.24, 2.45) is 0 Å². The number of pyridine rings is 1. The zero-order valence-corrected chi connectivity index (χ0v) is 12.6. The van der Waals surface area contributed by atoms with Gasteiger partial charge in [0.25, 0.3) is 5.91 Å². The fourth-order valence-electron chi connectivity index (χ4n) is 1.71. The van der Waals surface area contributed by atoms with Crippen LogP contribution in [0.3, 0.4) is 0 Å². The molecule has 0 bridgehead atoms. The molecule has 0 aliphatic rings. The molecular formula is C14H11F3N2O3S. The Hall–Kier alpha value is -2.42. The first-order valence-electron chi connectivity index (χ1n) is 6.22. The summed E-state index contributed by atoms with van der Waals surface area (Å²) in [6.07, 6.45) is -2.45. The average Bonchev–Trinajstić information content (AvgIpc) is 2.46. The summed E-state index contributed by atoms with van der Waals surface area (Å²) < 4.78 is 60.4. The van der Waals surface area contributed by atoms with E-state index in [0.717, 1.165) is 30.7 Å². The number of benzene rings is 1. The summed E-state index contributed by atoms with van der Waals surface area (Å²) >= 11 is 0. The molecule has 0 aliphatic carbocycles. The molecule has 23 heavy (non-hydrogen) atoms. The van der Waals surface area contributed by atoms with Crippen molar-refractivity contribution in [1.82, 2.24) is 4.98 Å². The maximum absolute atomic E-state index is 12.6. The number of amides is 1. The number of hydrogen-bond donors (Lipinski definition) is 1. The van der Waals surface area contributed by atoms with Gasteiger partial charge >= 0.3 is 6.18 Å². The van der Waals surface area contributed by atoms with Crippen molar-refractivity contribution < 1.29 is 26.4 Å². The lowest BCUT2D eigenvalue weighted by molar-refractivity contribution is -0.137. The maximum atomic E-state index is 12.6. The summed E-state index contributed by atoms with van der Waals surface area (Å²) in [6.45, 7) is 0. The maximum Gasteiger partial charge on any atom is 0.416 e. The first kappa shape index (κ1) is 16.9. The van der Waals surface area contributed by atoms with Gasteiger partial charge in [0.15, 0.2) is 14.9 Å². The Morgan fingerprint density at radius 3 is 2.39 bits per heavy atom. The van der Waals surface area contributed by atoms with Crippen LogP contribution >= 0.6 is 0 Å². The van der Waals surface area contributed by atoms with Crippen LogP contribution in [0, 0.1) is 0 Å². The number of sulfone groups is 1. The number of carbonyl (C=O) groups is 1. The smallest absolute Gasteiger partial charge is 0.321 e. The Balaban J connectivity index is 2.19. The molecule has 1 aromatic carbocycles. The minimum atomic E-state index is -4.55. The summed E-state index contributed by atoms with van der Waals surface area (Å²) in [5, 5.41) is 2.18. The van der Waals surface area contributed by atoms with Crippen LogP contribution in [0.2, 0.25) is 0 Å². The SMILES string of the molecule is CS(=O)(=O)c1ccc(NC(=O)c2cccc(C(F)(F)F)c2)cn1. The van der Waals surface area contributed by atoms with E-state index in [2.05, 4.69) is 10.3 Å². The predicted octanol–water partition coefficient (Wildman–Crippen LogP) is 2.76. The van der Waals surface area contributed by atoms with E-state index in [1.807, 2.05) is 0 Å². The topological polar surface area (TPSA) is 76.1 Å². The summed E-state index contributed by atoms with van der Waals surface area (Å²) in [7, 11) is -3.47. The third kappa shape index (κ3) is 4.28. The van der Waals surface area contributed by atoms with Gasteiger partial charge in [0.2, 0.25) is 0 Å². The van der Waals surface area contributed by atoms with Gasteiger partial charge in [-0.05, 0) is 30.3 Å². The van der Waals surface area contributed by atoms with Crippen LogP contribution < -0.4 is 5.32 Å². The van der Waals surface area contributed by atoms with E-state index in [4.69, 9.17) is 0 Å². The lowest BCUT2D eigenvalue weighted by atomic mass is 10.1. The van der Waals surface area contributed by atoms with Crippen LogP contribution in [0.15, 0.2) is 47.6 Å². The largest absolute Gasteiger partial charge is 0.416 e. The highest BCUT2D eigenvalue weighted by atomic mass is 32.2. The van der Waals surface area contributed by atoms with Crippen LogP contribution in [0.25, 0.3) is 0 Å². The summed E-state index contributed by atoms with van der Waals surface area (Å²) in [5.74, 6) is -0.759. The lowest BCUT2D eigenvalue weighted by Gasteiger charge is -2.09. The fourth-order valence-corrected chi connectivity index (χ4v) is 2.27. The molecule has 0 radical (unpaired) electrons. The van der Waals surface area contributed by atoms with Gasteiger partial charge in [-0.15, -0.1) is 0 Å². The van der Waals surface area contributed by atoms with Crippen molar-refractivity contribution in [3.63, 3.8) is 0 Å².